The topological polar surface area (TPSA) is 263 Å². The molecule has 106 heavy (non-hydrogen) atoms. The first-order valence-corrected chi connectivity index (χ1v) is 47.7. The van der Waals surface area contributed by atoms with E-state index >= 15 is 0 Å². The lowest BCUT2D eigenvalue weighted by atomic mass is 10.0. The van der Waals surface area contributed by atoms with Crippen LogP contribution in [0.3, 0.4) is 0 Å². The summed E-state index contributed by atoms with van der Waals surface area (Å²) in [5.41, 5.74) is 0. The van der Waals surface area contributed by atoms with Crippen LogP contribution in [0.25, 0.3) is 0 Å². The van der Waals surface area contributed by atoms with Crippen molar-refractivity contribution in [1.29, 1.82) is 0 Å². The fourth-order valence-corrected chi connectivity index (χ4v) is 15.3. The standard InChI is InChI=1S/C85H168N4O15P2/c1-7-13-19-25-31-37-39-43-47-53-59-65-81(90)88-77(73-79(63-57-51-45-35-29-23-17-11-5)103-83(92)67-61-55-49-41-33-27-21-15-9-3)75-101-105(95,96)99-71-69-86-85(94)87-70-72-100-106(97,98)102-76-78(89-82(91)66-60-54-48-44-40-38-32-26-20-14-8-2)74-80(64-58-52-46-36-30-24-18-12-6)104-84(93)68-62-56-50-42-34-28-22-16-10-4/h77-80H,7-76H2,1-6H3,(H,88,90)(H,89,91)(H,95,96)(H,97,98)(H2,86,87,94)/t77-,78-,79?,80?/m1/s1. The maximum atomic E-state index is 13.6. The molecule has 0 aliphatic rings. The molecule has 0 bridgehead atoms. The molecule has 4 amide bonds. The molecule has 0 aliphatic carbocycles. The summed E-state index contributed by atoms with van der Waals surface area (Å²) in [5.74, 6) is -0.971. The molecule has 4 unspecified atom stereocenters. The van der Waals surface area contributed by atoms with Gasteiger partial charge >= 0.3 is 33.6 Å². The maximum Gasteiger partial charge on any atom is 0.472 e. The molecule has 6 atom stereocenters. The molecule has 0 aromatic heterocycles. The Labute approximate surface area is 650 Å². The van der Waals surface area contributed by atoms with E-state index in [0.29, 0.717) is 38.5 Å². The van der Waals surface area contributed by atoms with E-state index in [0.717, 1.165) is 141 Å². The monoisotopic (exact) mass is 1550 g/mol. The zero-order valence-corrected chi connectivity index (χ0v) is 71.2. The van der Waals surface area contributed by atoms with Crippen LogP contribution in [0.15, 0.2) is 0 Å². The van der Waals surface area contributed by atoms with Crippen molar-refractivity contribution in [3.63, 3.8) is 0 Å². The molecule has 0 aromatic carbocycles. The number of amides is 4. The minimum atomic E-state index is -4.73. The van der Waals surface area contributed by atoms with E-state index in [-0.39, 0.29) is 75.7 Å². The number of unbranched alkanes of at least 4 members (excludes halogenated alkanes) is 50. The van der Waals surface area contributed by atoms with Gasteiger partial charge in [-0.05, 0) is 51.4 Å². The average molecular weight is 1550 g/mol. The zero-order chi connectivity index (χ0) is 77.8. The Kier molecular flexibility index (Phi) is 75.8. The Hall–Kier alpha value is -2.63. The van der Waals surface area contributed by atoms with Crippen LogP contribution in [0.4, 0.5) is 4.79 Å². The summed E-state index contributed by atoms with van der Waals surface area (Å²) >= 11 is 0. The molecule has 0 radical (unpaired) electrons. The highest BCUT2D eigenvalue weighted by Crippen LogP contribution is 2.44. The Balaban J connectivity index is 5.90. The molecule has 628 valence electrons. The van der Waals surface area contributed by atoms with Gasteiger partial charge in [-0.25, -0.2) is 13.9 Å². The average Bonchev–Trinajstić information content (AvgIpc) is 0.911. The summed E-state index contributed by atoms with van der Waals surface area (Å²) < 4.78 is 60.8. The van der Waals surface area contributed by atoms with E-state index < -0.39 is 59.2 Å². The number of phosphoric ester groups is 2. The third-order valence-corrected chi connectivity index (χ3v) is 22.3. The molecule has 0 aromatic rings. The van der Waals surface area contributed by atoms with Crippen molar-refractivity contribution in [3.8, 4) is 0 Å². The normalized spacial score (nSPS) is 13.9. The summed E-state index contributed by atoms with van der Waals surface area (Å²) in [6, 6.07) is -2.23. The molecule has 0 spiro atoms. The van der Waals surface area contributed by atoms with Gasteiger partial charge in [0.1, 0.15) is 12.2 Å². The molecular weight excluding hydrogens is 1380 g/mol. The summed E-state index contributed by atoms with van der Waals surface area (Å²) in [6.07, 6.45) is 65.0. The van der Waals surface area contributed by atoms with Crippen LogP contribution in [0.2, 0.25) is 0 Å². The van der Waals surface area contributed by atoms with E-state index in [1.54, 1.807) is 0 Å². The molecule has 19 nitrogen and oxygen atoms in total. The van der Waals surface area contributed by atoms with E-state index in [2.05, 4.69) is 62.8 Å². The molecule has 0 heterocycles. The van der Waals surface area contributed by atoms with Gasteiger partial charge in [0.25, 0.3) is 0 Å². The fourth-order valence-electron chi connectivity index (χ4n) is 13.7. The van der Waals surface area contributed by atoms with E-state index in [1.165, 1.54) is 205 Å². The smallest absolute Gasteiger partial charge is 0.462 e. The first-order chi connectivity index (χ1) is 51.5. The Morgan fingerprint density at radius 2 is 0.509 bits per heavy atom. The molecule has 21 heteroatoms. The first kappa shape index (κ1) is 103. The van der Waals surface area contributed by atoms with Crippen molar-refractivity contribution >= 4 is 45.4 Å². The van der Waals surface area contributed by atoms with Gasteiger partial charge in [-0.15, -0.1) is 0 Å². The van der Waals surface area contributed by atoms with Gasteiger partial charge in [0, 0.05) is 51.6 Å². The Morgan fingerprint density at radius 3 is 0.755 bits per heavy atom. The third-order valence-electron chi connectivity index (χ3n) is 20.3. The summed E-state index contributed by atoms with van der Waals surface area (Å²) in [6.45, 7) is 11.3. The van der Waals surface area contributed by atoms with E-state index in [4.69, 9.17) is 27.6 Å². The number of ether oxygens (including phenoxy) is 2. The van der Waals surface area contributed by atoms with Gasteiger partial charge in [0.15, 0.2) is 0 Å². The van der Waals surface area contributed by atoms with Crippen molar-refractivity contribution < 1.29 is 70.5 Å². The number of phosphoric acid groups is 2. The summed E-state index contributed by atoms with van der Waals surface area (Å²) in [5, 5.41) is 11.2. The van der Waals surface area contributed by atoms with Crippen molar-refractivity contribution in [2.45, 2.75) is 477 Å². The Bertz CT molecular complexity index is 1960. The number of esters is 2. The van der Waals surface area contributed by atoms with Crippen LogP contribution in [-0.4, -0.2) is 103 Å². The second-order valence-corrected chi connectivity index (χ2v) is 33.8. The zero-order valence-electron chi connectivity index (χ0n) is 69.4. The molecular formula is C85H168N4O15P2. The number of hydrogen-bond acceptors (Lipinski definition) is 13. The van der Waals surface area contributed by atoms with Crippen LogP contribution < -0.4 is 21.3 Å². The summed E-state index contributed by atoms with van der Waals surface area (Å²) in [7, 11) is -9.46. The molecule has 6 N–H and O–H groups in total. The number of nitrogens with one attached hydrogen (secondary N) is 4. The molecule has 0 rings (SSSR count). The van der Waals surface area contributed by atoms with Crippen molar-refractivity contribution in [2.75, 3.05) is 39.5 Å². The van der Waals surface area contributed by atoms with Crippen LogP contribution >= 0.6 is 15.6 Å². The highest BCUT2D eigenvalue weighted by molar-refractivity contribution is 7.47. The van der Waals surface area contributed by atoms with Crippen LogP contribution in [0.1, 0.15) is 452 Å². The lowest BCUT2D eigenvalue weighted by Crippen LogP contribution is -2.41. The van der Waals surface area contributed by atoms with Gasteiger partial charge in [0.05, 0.1) is 38.5 Å². The lowest BCUT2D eigenvalue weighted by Gasteiger charge is -2.26. The minimum Gasteiger partial charge on any atom is -0.462 e. The number of urea groups is 1. The van der Waals surface area contributed by atoms with Gasteiger partial charge < -0.3 is 40.5 Å². The highest BCUT2D eigenvalue weighted by atomic mass is 31.2. The number of rotatable bonds is 84. The van der Waals surface area contributed by atoms with E-state index in [1.807, 2.05) is 0 Å². The van der Waals surface area contributed by atoms with Gasteiger partial charge in [0.2, 0.25) is 11.8 Å². The van der Waals surface area contributed by atoms with Gasteiger partial charge in [-0.3, -0.25) is 37.3 Å². The van der Waals surface area contributed by atoms with Gasteiger partial charge in [-0.1, -0.05) is 363 Å². The van der Waals surface area contributed by atoms with Gasteiger partial charge in [-0.2, -0.15) is 0 Å². The second kappa shape index (κ2) is 77.7. The molecule has 0 aliphatic heterocycles. The number of hydrogen-bond donors (Lipinski definition) is 6. The predicted octanol–water partition coefficient (Wildman–Crippen LogP) is 24.4. The largest absolute Gasteiger partial charge is 0.472 e. The molecule has 0 saturated heterocycles. The SMILES string of the molecule is CCCCCCCCCCCCCC(=O)N[C@@H](COP(=O)(O)OCCNC(=O)NCCOP(=O)(O)OC[C@@H](CC(CCCCCCCCCC)OC(=O)CCCCCCCCCCC)NC(=O)CCCCCCCCCCCCC)CC(CCCCCCCCCC)OC(=O)CCCCCCCCCCC. The number of carbonyl (C=O) groups is 5. The van der Waals surface area contributed by atoms with Crippen LogP contribution in [0.5, 0.6) is 0 Å². The van der Waals surface area contributed by atoms with E-state index in [9.17, 15) is 42.9 Å². The second-order valence-electron chi connectivity index (χ2n) is 30.9. The molecule has 0 fully saturated rings. The molecule has 0 saturated carbocycles. The van der Waals surface area contributed by atoms with Crippen molar-refractivity contribution in [3.05, 3.63) is 0 Å². The van der Waals surface area contributed by atoms with Crippen LogP contribution in [-0.2, 0) is 55.9 Å². The van der Waals surface area contributed by atoms with Crippen LogP contribution in [0, 0.1) is 0 Å². The minimum absolute atomic E-state index is 0.198. The van der Waals surface area contributed by atoms with Crippen molar-refractivity contribution in [1.82, 2.24) is 21.3 Å². The fraction of sp³-hybridized carbons (Fsp3) is 0.941. The maximum absolute atomic E-state index is 13.6. The quantitative estimate of drug-likeness (QED) is 0.0188. The number of carbonyl (C=O) groups excluding carboxylic acids is 5. The lowest BCUT2D eigenvalue weighted by molar-refractivity contribution is -0.151. The highest BCUT2D eigenvalue weighted by Gasteiger charge is 2.30. The third kappa shape index (κ3) is 74.1. The summed E-state index contributed by atoms with van der Waals surface area (Å²) in [4.78, 5) is 88.7. The predicted molar refractivity (Wildman–Crippen MR) is 438 cm³/mol. The first-order valence-electron chi connectivity index (χ1n) is 44.8. The van der Waals surface area contributed by atoms with Crippen molar-refractivity contribution in [2.24, 2.45) is 0 Å². The Morgan fingerprint density at radius 1 is 0.292 bits per heavy atom.